The first-order chi connectivity index (χ1) is 25.7. The van der Waals surface area contributed by atoms with Crippen LogP contribution in [-0.2, 0) is 15.8 Å². The van der Waals surface area contributed by atoms with E-state index in [2.05, 4.69) is 20.3 Å². The third-order valence-electron chi connectivity index (χ3n) is 9.46. The zero-order chi connectivity index (χ0) is 38.6. The van der Waals surface area contributed by atoms with E-state index in [1.54, 1.807) is 42.9 Å². The highest BCUT2D eigenvalue weighted by Crippen LogP contribution is 2.40. The van der Waals surface area contributed by atoms with Crippen molar-refractivity contribution in [3.63, 3.8) is 0 Å². The van der Waals surface area contributed by atoms with Gasteiger partial charge in [0.1, 0.15) is 24.1 Å². The van der Waals surface area contributed by atoms with Crippen LogP contribution in [-0.4, -0.2) is 108 Å². The van der Waals surface area contributed by atoms with Crippen molar-refractivity contribution in [1.82, 2.24) is 39.7 Å². The van der Waals surface area contributed by atoms with Gasteiger partial charge in [0.15, 0.2) is 29.1 Å². The van der Waals surface area contributed by atoms with Crippen molar-refractivity contribution >= 4 is 52.1 Å². The Morgan fingerprint density at radius 3 is 2.52 bits per heavy atom. The number of carbonyl (C=O) groups is 3. The van der Waals surface area contributed by atoms with Crippen LogP contribution >= 0.6 is 11.6 Å². The number of hydrazine groups is 1. The van der Waals surface area contributed by atoms with Gasteiger partial charge in [0.2, 0.25) is 11.9 Å². The number of carbonyl (C=O) groups excluding carboxylic acids is 3. The number of guanidine groups is 1. The van der Waals surface area contributed by atoms with Crippen molar-refractivity contribution in [3.8, 4) is 5.75 Å². The van der Waals surface area contributed by atoms with Crippen molar-refractivity contribution in [3.05, 3.63) is 87.5 Å². The van der Waals surface area contributed by atoms with Crippen molar-refractivity contribution in [1.29, 1.82) is 0 Å². The molecule has 282 valence electrons. The number of nitrogens with zero attached hydrogens (tertiary/aromatic N) is 9. The van der Waals surface area contributed by atoms with Crippen molar-refractivity contribution < 1.29 is 37.1 Å². The summed E-state index contributed by atoms with van der Waals surface area (Å²) in [7, 11) is 1.68. The number of oxazole rings is 1. The molecule has 19 heteroatoms. The third-order valence-corrected chi connectivity index (χ3v) is 9.77. The lowest BCUT2D eigenvalue weighted by Gasteiger charge is -2.44. The van der Waals surface area contributed by atoms with Crippen LogP contribution in [0.25, 0.3) is 11.1 Å². The van der Waals surface area contributed by atoms with Gasteiger partial charge in [-0.3, -0.25) is 14.4 Å². The molecule has 4 aromatic rings. The number of aromatic nitrogens is 3. The number of amides is 3. The van der Waals surface area contributed by atoms with Crippen LogP contribution in [0.4, 0.5) is 18.9 Å². The fourth-order valence-electron chi connectivity index (χ4n) is 6.82. The quantitative estimate of drug-likeness (QED) is 0.268. The lowest BCUT2D eigenvalue weighted by molar-refractivity contribution is -0.139. The molecule has 0 radical (unpaired) electrons. The van der Waals surface area contributed by atoms with Gasteiger partial charge in [0, 0.05) is 45.7 Å². The molecule has 0 saturated carbocycles. The number of aliphatic imine (C=N–C) groups is 1. The number of hydrogen-bond donors (Lipinski definition) is 2. The second kappa shape index (κ2) is 13.9. The van der Waals surface area contributed by atoms with E-state index in [1.165, 1.54) is 16.2 Å². The molecule has 2 aromatic heterocycles. The maximum Gasteiger partial charge on any atom is 0.416 e. The number of hydrogen-bond acceptors (Lipinski definition) is 12. The highest BCUT2D eigenvalue weighted by atomic mass is 35.5. The van der Waals surface area contributed by atoms with Gasteiger partial charge in [0.25, 0.3) is 11.8 Å². The molecule has 15 nitrogen and oxygen atoms in total. The fraction of sp³-hybridized carbons (Fsp3) is 0.343. The molecule has 0 aliphatic carbocycles. The molecule has 2 N–H and O–H groups in total. The van der Waals surface area contributed by atoms with Crippen LogP contribution in [0.3, 0.4) is 0 Å². The Kier molecular flexibility index (Phi) is 9.43. The first-order valence-electron chi connectivity index (χ1n) is 16.9. The summed E-state index contributed by atoms with van der Waals surface area (Å²) in [5.74, 6) is -1.23. The zero-order valence-corrected chi connectivity index (χ0v) is 30.2. The van der Waals surface area contributed by atoms with Gasteiger partial charge in [-0.1, -0.05) is 30.7 Å². The largest absolute Gasteiger partial charge is 0.504 e. The van der Waals surface area contributed by atoms with E-state index in [4.69, 9.17) is 21.0 Å². The van der Waals surface area contributed by atoms with Crippen LogP contribution < -0.4 is 5.32 Å². The molecule has 1 saturated heterocycles. The average Bonchev–Trinajstić information content (AvgIpc) is 3.69. The Labute approximate surface area is 311 Å². The number of para-hydroxylation sites is 1. The molecule has 54 heavy (non-hydrogen) atoms. The molecule has 7 rings (SSSR count). The van der Waals surface area contributed by atoms with Gasteiger partial charge in [-0.2, -0.15) is 18.2 Å². The van der Waals surface area contributed by atoms with Crippen LogP contribution in [0.5, 0.6) is 5.75 Å². The number of allylic oxidation sites excluding steroid dienone is 1. The molecular formula is C35H34ClF3N10O5. The zero-order valence-electron chi connectivity index (χ0n) is 29.5. The summed E-state index contributed by atoms with van der Waals surface area (Å²) in [4.78, 5) is 63.9. The molecule has 3 amide bonds. The van der Waals surface area contributed by atoms with Gasteiger partial charge in [0.05, 0.1) is 27.7 Å². The number of aryl methyl sites for hydroxylation is 2. The van der Waals surface area contributed by atoms with E-state index in [0.717, 1.165) is 18.2 Å². The van der Waals surface area contributed by atoms with Crippen LogP contribution in [0, 0.1) is 13.8 Å². The maximum atomic E-state index is 14.6. The Morgan fingerprint density at radius 1 is 1.09 bits per heavy atom. The van der Waals surface area contributed by atoms with Gasteiger partial charge in [-0.25, -0.2) is 25.0 Å². The number of nitrogens with one attached hydrogen (secondary N) is 1. The number of anilines is 1. The first-order valence-corrected chi connectivity index (χ1v) is 17.3. The summed E-state index contributed by atoms with van der Waals surface area (Å²) >= 11 is 6.17. The van der Waals surface area contributed by atoms with E-state index >= 15 is 0 Å². The number of piperazine rings is 1. The maximum absolute atomic E-state index is 14.6. The molecule has 3 aliphatic rings. The van der Waals surface area contributed by atoms with Gasteiger partial charge in [-0.15, -0.1) is 0 Å². The number of rotatable bonds is 7. The van der Waals surface area contributed by atoms with Crippen LogP contribution in [0.2, 0.25) is 5.02 Å². The fourth-order valence-corrected chi connectivity index (χ4v) is 7.05. The Bertz CT molecular complexity index is 2250. The normalized spacial score (nSPS) is 18.1. The summed E-state index contributed by atoms with van der Waals surface area (Å²) < 4.78 is 45.8. The minimum absolute atomic E-state index is 0.0247. The summed E-state index contributed by atoms with van der Waals surface area (Å²) in [6.07, 6.45) is -3.91. The standard InChI is InChI=1S/C35H34ClF3N10O5/c1-5-25-28(46-11-13-47(14-12-46)32(52)27-29(51)18(2)40-17-41-27)33(53)49-34(44-31(45(49)4)21-7-6-8-24-30(21)54-19(3)42-24)48(25)16-26(50)43-23-10-9-20(15-22(23)36)35(37,38)39/h6-10,15,17,31,51H,5,11-14,16H2,1-4H3,(H,43,50). The molecule has 0 bridgehead atoms. The molecule has 1 atom stereocenters. The first kappa shape index (κ1) is 36.6. The van der Waals surface area contributed by atoms with Crippen LogP contribution in [0.1, 0.15) is 52.7 Å². The number of benzene rings is 2. The predicted octanol–water partition coefficient (Wildman–Crippen LogP) is 4.69. The number of fused-ring (bicyclic) bond motifs is 2. The minimum atomic E-state index is -4.62. The summed E-state index contributed by atoms with van der Waals surface area (Å²) in [6, 6.07) is 8.05. The number of aromatic hydroxyl groups is 1. The second-order valence-corrected chi connectivity index (χ2v) is 13.2. The number of halogens is 4. The van der Waals surface area contributed by atoms with Gasteiger partial charge in [-0.05, 0) is 37.6 Å². The Morgan fingerprint density at radius 2 is 1.83 bits per heavy atom. The highest BCUT2D eigenvalue weighted by Gasteiger charge is 2.48. The van der Waals surface area contributed by atoms with Crippen LogP contribution in [0.15, 0.2) is 63.5 Å². The Hall–Kier alpha value is -5.75. The van der Waals surface area contributed by atoms with E-state index in [0.29, 0.717) is 28.3 Å². The third kappa shape index (κ3) is 6.44. The lowest BCUT2D eigenvalue weighted by Crippen LogP contribution is -2.59. The molecule has 5 heterocycles. The molecule has 0 spiro atoms. The van der Waals surface area contributed by atoms with E-state index in [-0.39, 0.29) is 78.6 Å². The van der Waals surface area contributed by atoms with E-state index < -0.39 is 35.6 Å². The summed E-state index contributed by atoms with van der Waals surface area (Å²) in [6.45, 7) is 5.56. The summed E-state index contributed by atoms with van der Waals surface area (Å²) in [5, 5.41) is 15.7. The summed E-state index contributed by atoms with van der Waals surface area (Å²) in [5.41, 5.74) is 1.62. The molecule has 1 unspecified atom stereocenters. The van der Waals surface area contributed by atoms with E-state index in [9.17, 15) is 32.7 Å². The lowest BCUT2D eigenvalue weighted by atomic mass is 10.1. The number of alkyl halides is 3. The Balaban J connectivity index is 1.22. The predicted molar refractivity (Wildman–Crippen MR) is 189 cm³/mol. The molecule has 2 aromatic carbocycles. The minimum Gasteiger partial charge on any atom is -0.504 e. The molecule has 1 fully saturated rings. The average molecular weight is 767 g/mol. The van der Waals surface area contributed by atoms with Gasteiger partial charge < -0.3 is 29.5 Å². The van der Waals surface area contributed by atoms with Crippen molar-refractivity contribution in [2.75, 3.05) is 45.1 Å². The van der Waals surface area contributed by atoms with Crippen molar-refractivity contribution in [2.45, 2.75) is 39.5 Å². The second-order valence-electron chi connectivity index (χ2n) is 12.8. The SMILES string of the molecule is CCC1=C(N2CCN(C(=O)c3ncnc(C)c3O)CC2)C(=O)N2C(=NC(c3cccc4nc(C)oc34)N2C)N1CC(=O)Nc1ccc(C(F)(F)F)cc1Cl. The monoisotopic (exact) mass is 766 g/mol. The molecule has 3 aliphatic heterocycles. The smallest absolute Gasteiger partial charge is 0.416 e. The highest BCUT2D eigenvalue weighted by molar-refractivity contribution is 6.33. The topological polar surface area (TPSA) is 164 Å². The van der Waals surface area contributed by atoms with Crippen molar-refractivity contribution in [2.24, 2.45) is 4.99 Å². The van der Waals surface area contributed by atoms with E-state index in [1.807, 2.05) is 17.9 Å². The van der Waals surface area contributed by atoms with Gasteiger partial charge >= 0.3 is 6.18 Å². The molecular weight excluding hydrogens is 733 g/mol.